The molecule has 4 aromatic rings. The van der Waals surface area contributed by atoms with E-state index in [4.69, 9.17) is 10.5 Å². The lowest BCUT2D eigenvalue weighted by Crippen LogP contribution is -2.21. The van der Waals surface area contributed by atoms with Gasteiger partial charge < -0.3 is 20.4 Å². The Morgan fingerprint density at radius 3 is 2.67 bits per heavy atom. The molecule has 4 heterocycles. The molecule has 1 fully saturated rings. The summed E-state index contributed by atoms with van der Waals surface area (Å²) in [5.41, 5.74) is 6.44. The predicted molar refractivity (Wildman–Crippen MR) is 137 cm³/mol. The van der Waals surface area contributed by atoms with E-state index in [2.05, 4.69) is 31.3 Å². The SMILES string of the molecule is Cn1c(Nc2ccc(CN3CCCC3)c(C(F)(F)F)c2)nc2ncc(OC(=CN)c3cnccn3)c(C#N)c21. The number of nitrogens with one attached hydrogen (secondary N) is 1. The fourth-order valence-corrected chi connectivity index (χ4v) is 4.54. The molecule has 0 aliphatic carbocycles. The van der Waals surface area contributed by atoms with Crippen LogP contribution in [0.15, 0.2) is 49.2 Å². The highest BCUT2D eigenvalue weighted by Crippen LogP contribution is 2.36. The Kier molecular flexibility index (Phi) is 7.03. The summed E-state index contributed by atoms with van der Waals surface area (Å²) in [5, 5.41) is 12.9. The van der Waals surface area contributed by atoms with Crippen molar-refractivity contribution < 1.29 is 17.9 Å². The zero-order valence-electron chi connectivity index (χ0n) is 20.9. The van der Waals surface area contributed by atoms with E-state index in [0.717, 1.165) is 32.0 Å². The molecule has 13 heteroatoms. The highest BCUT2D eigenvalue weighted by molar-refractivity contribution is 5.84. The number of nitrogens with two attached hydrogens (primary N) is 1. The second kappa shape index (κ2) is 10.6. The summed E-state index contributed by atoms with van der Waals surface area (Å²) in [6, 6.07) is 6.26. The minimum atomic E-state index is -4.52. The first-order valence-electron chi connectivity index (χ1n) is 12.1. The third-order valence-corrected chi connectivity index (χ3v) is 6.43. The Morgan fingerprint density at radius 2 is 2.00 bits per heavy atom. The molecule has 1 saturated heterocycles. The first kappa shape index (κ1) is 25.9. The topological polar surface area (TPSA) is 131 Å². The number of imidazole rings is 1. The predicted octanol–water partition coefficient (Wildman–Crippen LogP) is 4.32. The van der Waals surface area contributed by atoms with Crippen molar-refractivity contribution in [3.8, 4) is 11.8 Å². The van der Waals surface area contributed by atoms with E-state index < -0.39 is 11.7 Å². The van der Waals surface area contributed by atoms with Crippen LogP contribution in [-0.2, 0) is 19.8 Å². The number of nitriles is 1. The Hall–Kier alpha value is -4.70. The maximum absolute atomic E-state index is 13.9. The van der Waals surface area contributed by atoms with Crippen LogP contribution in [0.2, 0.25) is 0 Å². The van der Waals surface area contributed by atoms with Crippen LogP contribution in [0.25, 0.3) is 16.9 Å². The highest BCUT2D eigenvalue weighted by Gasteiger charge is 2.34. The number of rotatable bonds is 7. The fourth-order valence-electron chi connectivity index (χ4n) is 4.54. The highest BCUT2D eigenvalue weighted by atomic mass is 19.4. The Bertz CT molecular complexity index is 1570. The van der Waals surface area contributed by atoms with Gasteiger partial charge in [0.25, 0.3) is 0 Å². The van der Waals surface area contributed by atoms with E-state index in [1.807, 2.05) is 4.90 Å². The van der Waals surface area contributed by atoms with E-state index in [9.17, 15) is 18.4 Å². The third-order valence-electron chi connectivity index (χ3n) is 6.43. The lowest BCUT2D eigenvalue weighted by atomic mass is 10.1. The minimum Gasteiger partial charge on any atom is -0.450 e. The van der Waals surface area contributed by atoms with Gasteiger partial charge in [-0.1, -0.05) is 6.07 Å². The zero-order chi connectivity index (χ0) is 27.6. The zero-order valence-corrected chi connectivity index (χ0v) is 20.9. The van der Waals surface area contributed by atoms with E-state index in [-0.39, 0.29) is 46.5 Å². The molecule has 0 saturated carbocycles. The summed E-state index contributed by atoms with van der Waals surface area (Å²) in [4.78, 5) is 18.8. The summed E-state index contributed by atoms with van der Waals surface area (Å²) in [7, 11) is 1.62. The van der Waals surface area contributed by atoms with Gasteiger partial charge in [-0.15, -0.1) is 0 Å². The van der Waals surface area contributed by atoms with Crippen molar-refractivity contribution in [1.29, 1.82) is 5.26 Å². The summed E-state index contributed by atoms with van der Waals surface area (Å²) >= 11 is 0. The van der Waals surface area contributed by atoms with Crippen molar-refractivity contribution in [2.75, 3.05) is 18.4 Å². The summed E-state index contributed by atoms with van der Waals surface area (Å²) in [6.45, 7) is 1.82. The van der Waals surface area contributed by atoms with Gasteiger partial charge in [0, 0.05) is 37.9 Å². The lowest BCUT2D eigenvalue weighted by Gasteiger charge is -2.20. The fraction of sp³-hybridized carbons (Fsp3) is 0.269. The number of alkyl halides is 3. The molecular formula is C26H24F3N9O. The third kappa shape index (κ3) is 5.32. The second-order valence-corrected chi connectivity index (χ2v) is 8.98. The molecule has 0 spiro atoms. The minimum absolute atomic E-state index is 0.104. The number of anilines is 2. The maximum atomic E-state index is 13.9. The van der Waals surface area contributed by atoms with Crippen LogP contribution < -0.4 is 15.8 Å². The Morgan fingerprint density at radius 1 is 1.21 bits per heavy atom. The molecule has 10 nitrogen and oxygen atoms in total. The second-order valence-electron chi connectivity index (χ2n) is 8.98. The van der Waals surface area contributed by atoms with Gasteiger partial charge in [-0.05, 0) is 43.6 Å². The molecule has 200 valence electrons. The number of hydrogen-bond donors (Lipinski definition) is 2. The van der Waals surface area contributed by atoms with E-state index >= 15 is 0 Å². The summed E-state index contributed by atoms with van der Waals surface area (Å²) in [6.07, 6.45) is 4.40. The molecule has 3 N–H and O–H groups in total. The van der Waals surface area contributed by atoms with Gasteiger partial charge in [-0.3, -0.25) is 9.88 Å². The average molecular weight is 536 g/mol. The number of benzene rings is 1. The quantitative estimate of drug-likeness (QED) is 0.332. The van der Waals surface area contributed by atoms with Crippen LogP contribution in [0, 0.1) is 11.3 Å². The van der Waals surface area contributed by atoms with Crippen molar-refractivity contribution in [3.63, 3.8) is 0 Å². The molecule has 0 atom stereocenters. The van der Waals surface area contributed by atoms with Crippen LogP contribution in [0.3, 0.4) is 0 Å². The molecule has 0 unspecified atom stereocenters. The maximum Gasteiger partial charge on any atom is 0.416 e. The van der Waals surface area contributed by atoms with E-state index in [1.54, 1.807) is 13.1 Å². The number of aromatic nitrogens is 5. The van der Waals surface area contributed by atoms with Gasteiger partial charge in [-0.25, -0.2) is 9.97 Å². The molecule has 3 aromatic heterocycles. The van der Waals surface area contributed by atoms with Crippen molar-refractivity contribution in [2.45, 2.75) is 25.6 Å². The molecule has 39 heavy (non-hydrogen) atoms. The molecule has 1 aliphatic rings. The van der Waals surface area contributed by atoms with Crippen molar-refractivity contribution in [3.05, 3.63) is 71.6 Å². The number of halogens is 3. The lowest BCUT2D eigenvalue weighted by molar-refractivity contribution is -0.138. The number of pyridine rings is 1. The van der Waals surface area contributed by atoms with Gasteiger partial charge >= 0.3 is 6.18 Å². The number of likely N-dealkylation sites (tertiary alicyclic amines) is 1. The summed E-state index contributed by atoms with van der Waals surface area (Å²) in [5.74, 6) is 0.470. The van der Waals surface area contributed by atoms with E-state index in [1.165, 1.54) is 41.6 Å². The molecular weight excluding hydrogens is 511 g/mol. The Labute approximate surface area is 221 Å². The number of hydrogen-bond acceptors (Lipinski definition) is 9. The molecule has 1 aliphatic heterocycles. The van der Waals surface area contributed by atoms with E-state index in [0.29, 0.717) is 11.2 Å². The first-order chi connectivity index (χ1) is 18.8. The molecule has 1 aromatic carbocycles. The standard InChI is InChI=1S/C26H24F3N9O/c1-37-23-18(11-30)22(39-21(12-31)20-13-32-6-7-33-20)14-34-24(23)36-25(37)35-17-5-4-16(15-38-8-2-3-9-38)19(10-17)26(27,28)29/h4-7,10,12-14H,2-3,8-9,15,31H2,1H3,(H,34,35,36). The van der Waals surface area contributed by atoms with Crippen LogP contribution in [0.1, 0.15) is 35.2 Å². The molecule has 0 amide bonds. The van der Waals surface area contributed by atoms with Gasteiger partial charge in [-0.2, -0.15) is 23.4 Å². The van der Waals surface area contributed by atoms with Gasteiger partial charge in [0.05, 0.1) is 18.0 Å². The number of ether oxygens (including phenoxy) is 1. The van der Waals surface area contributed by atoms with Crippen molar-refractivity contribution >= 4 is 28.6 Å². The molecule has 0 bridgehead atoms. The number of nitrogens with zero attached hydrogens (tertiary/aromatic N) is 7. The number of aryl methyl sites for hydroxylation is 1. The average Bonchev–Trinajstić information content (AvgIpc) is 3.55. The van der Waals surface area contributed by atoms with Crippen molar-refractivity contribution in [1.82, 2.24) is 29.4 Å². The van der Waals surface area contributed by atoms with Crippen LogP contribution >= 0.6 is 0 Å². The van der Waals surface area contributed by atoms with Gasteiger partial charge in [0.15, 0.2) is 17.2 Å². The van der Waals surface area contributed by atoms with Crippen LogP contribution in [0.5, 0.6) is 5.75 Å². The summed E-state index contributed by atoms with van der Waals surface area (Å²) < 4.78 is 49.2. The van der Waals surface area contributed by atoms with Gasteiger partial charge in [0.1, 0.15) is 22.8 Å². The Balaban J connectivity index is 1.47. The van der Waals surface area contributed by atoms with Crippen LogP contribution in [0.4, 0.5) is 24.8 Å². The largest absolute Gasteiger partial charge is 0.450 e. The number of fused-ring (bicyclic) bond motifs is 1. The normalized spacial score (nSPS) is 14.5. The van der Waals surface area contributed by atoms with Crippen LogP contribution in [-0.4, -0.2) is 42.5 Å². The van der Waals surface area contributed by atoms with Crippen molar-refractivity contribution in [2.24, 2.45) is 12.8 Å². The monoisotopic (exact) mass is 535 g/mol. The molecule has 0 radical (unpaired) electrons. The molecule has 5 rings (SSSR count). The first-order valence-corrected chi connectivity index (χ1v) is 12.1. The smallest absolute Gasteiger partial charge is 0.416 e. The van der Waals surface area contributed by atoms with Gasteiger partial charge in [0.2, 0.25) is 5.95 Å².